The Morgan fingerprint density at radius 1 is 1.40 bits per heavy atom. The molecule has 6 heteroatoms. The number of halogens is 2. The summed E-state index contributed by atoms with van der Waals surface area (Å²) in [5, 5.41) is 11.9. The third-order valence-corrected chi connectivity index (χ3v) is 2.76. The van der Waals surface area contributed by atoms with Gasteiger partial charge in [-0.2, -0.15) is 14.0 Å². The molecule has 0 aliphatic carbocycles. The third-order valence-electron chi connectivity index (χ3n) is 2.76. The Balaban J connectivity index is 2.08. The van der Waals surface area contributed by atoms with Crippen LogP contribution in [0.15, 0.2) is 36.5 Å². The maximum Gasteiger partial charge on any atom is 0.387 e. The number of aromatic nitrogens is 1. The molecule has 1 aromatic carbocycles. The predicted octanol–water partition coefficient (Wildman–Crippen LogP) is 3.11. The number of para-hydroxylation sites is 2. The van der Waals surface area contributed by atoms with Crippen LogP contribution in [0.4, 0.5) is 14.5 Å². The van der Waals surface area contributed by atoms with E-state index >= 15 is 0 Å². The van der Waals surface area contributed by atoms with Gasteiger partial charge in [-0.3, -0.25) is 0 Å². The van der Waals surface area contributed by atoms with Crippen molar-refractivity contribution in [3.63, 3.8) is 0 Å². The maximum atomic E-state index is 12.3. The summed E-state index contributed by atoms with van der Waals surface area (Å²) < 4.78 is 30.7. The molecule has 0 saturated heterocycles. The summed E-state index contributed by atoms with van der Waals surface area (Å²) in [7, 11) is 1.77. The smallest absolute Gasteiger partial charge is 0.387 e. The van der Waals surface area contributed by atoms with E-state index in [1.165, 1.54) is 6.07 Å². The van der Waals surface area contributed by atoms with Gasteiger partial charge in [-0.25, -0.2) is 0 Å². The fraction of sp³-hybridized carbons (Fsp3) is 0.214. The first kappa shape index (κ1) is 13.9. The molecule has 2 rings (SSSR count). The highest BCUT2D eigenvalue weighted by atomic mass is 19.3. The van der Waals surface area contributed by atoms with Crippen molar-refractivity contribution < 1.29 is 13.5 Å². The Kier molecular flexibility index (Phi) is 4.20. The molecule has 1 aromatic heterocycles. The van der Waals surface area contributed by atoms with E-state index in [0.717, 1.165) is 5.56 Å². The molecule has 104 valence electrons. The molecule has 0 unspecified atom stereocenters. The van der Waals surface area contributed by atoms with Gasteiger partial charge in [-0.1, -0.05) is 12.1 Å². The summed E-state index contributed by atoms with van der Waals surface area (Å²) in [5.74, 6) is 0.0962. The molecular formula is C14H13F2N3O. The van der Waals surface area contributed by atoms with Crippen LogP contribution in [0.3, 0.4) is 0 Å². The molecule has 2 aromatic rings. The number of nitriles is 1. The number of hydrogen-bond donors (Lipinski definition) is 1. The normalized spacial score (nSPS) is 10.3. The molecule has 0 saturated carbocycles. The quantitative estimate of drug-likeness (QED) is 0.913. The number of alkyl halides is 2. The van der Waals surface area contributed by atoms with Crippen LogP contribution in [-0.4, -0.2) is 11.2 Å². The zero-order valence-corrected chi connectivity index (χ0v) is 10.8. The van der Waals surface area contributed by atoms with Crippen molar-refractivity contribution in [1.29, 1.82) is 5.26 Å². The molecule has 4 nitrogen and oxygen atoms in total. The molecule has 0 atom stereocenters. The molecule has 0 bridgehead atoms. The number of ether oxygens (including phenoxy) is 1. The van der Waals surface area contributed by atoms with Crippen LogP contribution in [0.25, 0.3) is 0 Å². The molecule has 0 amide bonds. The van der Waals surface area contributed by atoms with Gasteiger partial charge in [-0.05, 0) is 23.8 Å². The van der Waals surface area contributed by atoms with E-state index < -0.39 is 6.61 Å². The van der Waals surface area contributed by atoms with Gasteiger partial charge in [0, 0.05) is 19.8 Å². The minimum Gasteiger partial charge on any atom is -0.433 e. The number of nitrogens with zero attached hydrogens (tertiary/aromatic N) is 2. The Labute approximate surface area is 115 Å². The summed E-state index contributed by atoms with van der Waals surface area (Å²) >= 11 is 0. The van der Waals surface area contributed by atoms with Gasteiger partial charge in [0.25, 0.3) is 0 Å². The number of hydrogen-bond acceptors (Lipinski definition) is 3. The van der Waals surface area contributed by atoms with Gasteiger partial charge in [0.15, 0.2) is 0 Å². The number of nitrogens with one attached hydrogen (secondary N) is 1. The van der Waals surface area contributed by atoms with E-state index in [-0.39, 0.29) is 5.75 Å². The molecule has 1 heterocycles. The van der Waals surface area contributed by atoms with Crippen molar-refractivity contribution in [1.82, 2.24) is 4.57 Å². The first-order chi connectivity index (χ1) is 9.60. The summed E-state index contributed by atoms with van der Waals surface area (Å²) in [6.45, 7) is -2.45. The van der Waals surface area contributed by atoms with E-state index in [1.807, 2.05) is 6.20 Å². The van der Waals surface area contributed by atoms with E-state index in [4.69, 9.17) is 5.26 Å². The average molecular weight is 277 g/mol. The predicted molar refractivity (Wildman–Crippen MR) is 70.5 cm³/mol. The van der Waals surface area contributed by atoms with E-state index in [1.54, 1.807) is 35.9 Å². The minimum absolute atomic E-state index is 0.0962. The van der Waals surface area contributed by atoms with Crippen LogP contribution in [0, 0.1) is 11.3 Å². The van der Waals surface area contributed by atoms with Crippen molar-refractivity contribution in [3.8, 4) is 11.8 Å². The van der Waals surface area contributed by atoms with Crippen LogP contribution in [0.5, 0.6) is 5.75 Å². The van der Waals surface area contributed by atoms with Crippen molar-refractivity contribution in [2.75, 3.05) is 5.32 Å². The minimum atomic E-state index is -2.86. The van der Waals surface area contributed by atoms with Crippen molar-refractivity contribution in [3.05, 3.63) is 47.8 Å². The Bertz CT molecular complexity index is 632. The first-order valence-corrected chi connectivity index (χ1v) is 5.93. The fourth-order valence-electron chi connectivity index (χ4n) is 1.85. The van der Waals surface area contributed by atoms with Gasteiger partial charge in [-0.15, -0.1) is 0 Å². The summed E-state index contributed by atoms with van der Waals surface area (Å²) in [6, 6.07) is 10.3. The molecular weight excluding hydrogens is 264 g/mol. The van der Waals surface area contributed by atoms with Crippen molar-refractivity contribution in [2.24, 2.45) is 7.05 Å². The van der Waals surface area contributed by atoms with Gasteiger partial charge in [0.2, 0.25) is 0 Å². The van der Waals surface area contributed by atoms with Gasteiger partial charge >= 0.3 is 6.61 Å². The standard InChI is InChI=1S/C14H13F2N3O/c1-19-9-10(6-11(19)7-17)8-18-12-4-2-3-5-13(12)20-14(15)16/h2-6,9,14,18H,8H2,1H3. The van der Waals surface area contributed by atoms with Crippen LogP contribution in [0.1, 0.15) is 11.3 Å². The molecule has 0 radical (unpaired) electrons. The summed E-state index contributed by atoms with van der Waals surface area (Å²) in [5.41, 5.74) is 1.91. The Morgan fingerprint density at radius 3 is 2.80 bits per heavy atom. The number of anilines is 1. The third kappa shape index (κ3) is 3.26. The molecule has 1 N–H and O–H groups in total. The van der Waals surface area contributed by atoms with Crippen molar-refractivity contribution >= 4 is 5.69 Å². The average Bonchev–Trinajstić information content (AvgIpc) is 2.77. The second-order valence-corrected chi connectivity index (χ2v) is 4.18. The van der Waals surface area contributed by atoms with E-state index in [2.05, 4.69) is 16.1 Å². The highest BCUT2D eigenvalue weighted by Gasteiger charge is 2.09. The van der Waals surface area contributed by atoms with Crippen LogP contribution >= 0.6 is 0 Å². The van der Waals surface area contributed by atoms with Crippen LogP contribution in [0.2, 0.25) is 0 Å². The highest BCUT2D eigenvalue weighted by Crippen LogP contribution is 2.26. The molecule has 20 heavy (non-hydrogen) atoms. The largest absolute Gasteiger partial charge is 0.433 e. The van der Waals surface area contributed by atoms with Gasteiger partial charge < -0.3 is 14.6 Å². The first-order valence-electron chi connectivity index (χ1n) is 5.93. The number of rotatable bonds is 5. The Morgan fingerprint density at radius 2 is 2.15 bits per heavy atom. The topological polar surface area (TPSA) is 50.0 Å². The lowest BCUT2D eigenvalue weighted by Crippen LogP contribution is -2.06. The second kappa shape index (κ2) is 6.06. The van der Waals surface area contributed by atoms with E-state index in [0.29, 0.717) is 17.9 Å². The lowest BCUT2D eigenvalue weighted by molar-refractivity contribution is -0.0493. The summed E-state index contributed by atoms with van der Waals surface area (Å²) in [4.78, 5) is 0. The zero-order valence-electron chi connectivity index (χ0n) is 10.8. The summed E-state index contributed by atoms with van der Waals surface area (Å²) in [6.07, 6.45) is 1.81. The monoisotopic (exact) mass is 277 g/mol. The van der Waals surface area contributed by atoms with Gasteiger partial charge in [0.1, 0.15) is 17.5 Å². The molecule has 0 aliphatic rings. The van der Waals surface area contributed by atoms with Crippen LogP contribution in [-0.2, 0) is 13.6 Å². The lowest BCUT2D eigenvalue weighted by atomic mass is 10.2. The Hall–Kier alpha value is -2.55. The zero-order chi connectivity index (χ0) is 14.5. The molecule has 0 spiro atoms. The maximum absolute atomic E-state index is 12.3. The number of benzene rings is 1. The number of aryl methyl sites for hydroxylation is 1. The second-order valence-electron chi connectivity index (χ2n) is 4.18. The molecule has 0 aliphatic heterocycles. The molecule has 0 fully saturated rings. The highest BCUT2D eigenvalue weighted by molar-refractivity contribution is 5.56. The van der Waals surface area contributed by atoms with E-state index in [9.17, 15) is 8.78 Å². The fourth-order valence-corrected chi connectivity index (χ4v) is 1.85. The van der Waals surface area contributed by atoms with Crippen LogP contribution < -0.4 is 10.1 Å². The van der Waals surface area contributed by atoms with Crippen molar-refractivity contribution in [2.45, 2.75) is 13.2 Å². The van der Waals surface area contributed by atoms with Gasteiger partial charge in [0.05, 0.1) is 5.69 Å². The SMILES string of the molecule is Cn1cc(CNc2ccccc2OC(F)F)cc1C#N. The lowest BCUT2D eigenvalue weighted by Gasteiger charge is -2.11.